The van der Waals surface area contributed by atoms with Crippen LogP contribution in [0.2, 0.25) is 0 Å². The van der Waals surface area contributed by atoms with Crippen LogP contribution in [0.3, 0.4) is 0 Å². The van der Waals surface area contributed by atoms with Crippen LogP contribution in [0, 0.1) is 28.4 Å². The van der Waals surface area contributed by atoms with Crippen molar-refractivity contribution in [2.24, 2.45) is 11.8 Å². The van der Waals surface area contributed by atoms with E-state index < -0.39 is 23.3 Å². The molecular weight excluding hydrogens is 405 g/mol. The van der Waals surface area contributed by atoms with Crippen molar-refractivity contribution >= 4 is 0 Å². The number of nitrogens with one attached hydrogen (secondary N) is 1. The molecule has 4 rings (SSSR count). The number of nitriles is 1. The van der Waals surface area contributed by atoms with E-state index in [0.29, 0.717) is 18.4 Å². The average molecular weight is 428 g/mol. The number of halogens is 3. The van der Waals surface area contributed by atoms with E-state index in [1.807, 2.05) is 30.3 Å². The Morgan fingerprint density at radius 2 is 1.77 bits per heavy atom. The molecule has 162 valence electrons. The molecule has 1 saturated heterocycles. The molecule has 1 aliphatic carbocycles. The van der Waals surface area contributed by atoms with Gasteiger partial charge in [-0.3, -0.25) is 0 Å². The normalized spacial score (nSPS) is 27.5. The van der Waals surface area contributed by atoms with Crippen LogP contribution in [0.4, 0.5) is 13.2 Å². The zero-order valence-electron chi connectivity index (χ0n) is 17.0. The van der Waals surface area contributed by atoms with Gasteiger partial charge in [-0.15, -0.1) is 0 Å². The fourth-order valence-corrected chi connectivity index (χ4v) is 5.12. The summed E-state index contributed by atoms with van der Waals surface area (Å²) in [7, 11) is 1.59. The molecule has 4 nitrogen and oxygen atoms in total. The van der Waals surface area contributed by atoms with E-state index in [2.05, 4.69) is 6.08 Å². The number of allylic oxidation sites excluding steroid dienone is 2. The van der Waals surface area contributed by atoms with Gasteiger partial charge in [0.05, 0.1) is 30.3 Å². The van der Waals surface area contributed by atoms with Crippen molar-refractivity contribution in [2.45, 2.75) is 37.5 Å². The Bertz CT molecular complexity index is 1010. The summed E-state index contributed by atoms with van der Waals surface area (Å²) in [6, 6.07) is 12.0. The maximum atomic E-state index is 13.5. The molecular formula is C24H23F3N2O2. The van der Waals surface area contributed by atoms with Gasteiger partial charge in [-0.05, 0) is 42.7 Å². The summed E-state index contributed by atoms with van der Waals surface area (Å²) in [4.78, 5) is 0. The van der Waals surface area contributed by atoms with Gasteiger partial charge >= 0.3 is 6.18 Å². The largest absolute Gasteiger partial charge is 0.634 e. The van der Waals surface area contributed by atoms with Gasteiger partial charge in [0.1, 0.15) is 11.8 Å². The minimum Gasteiger partial charge on any atom is -0.634 e. The van der Waals surface area contributed by atoms with Gasteiger partial charge in [0.25, 0.3) is 0 Å². The zero-order chi connectivity index (χ0) is 22.2. The number of hydrogen-bond acceptors (Lipinski definition) is 3. The predicted octanol–water partition coefficient (Wildman–Crippen LogP) is 4.22. The first-order valence-corrected chi connectivity index (χ1v) is 10.3. The first kappa shape index (κ1) is 21.4. The molecule has 5 atom stereocenters. The summed E-state index contributed by atoms with van der Waals surface area (Å²) < 4.78 is 45.7. The first-order valence-electron chi connectivity index (χ1n) is 10.3. The Kier molecular flexibility index (Phi) is 5.78. The van der Waals surface area contributed by atoms with E-state index in [9.17, 15) is 18.4 Å². The van der Waals surface area contributed by atoms with E-state index in [4.69, 9.17) is 10.00 Å². The molecule has 1 aliphatic heterocycles. The molecule has 0 bridgehead atoms. The third-order valence-corrected chi connectivity index (χ3v) is 6.59. The van der Waals surface area contributed by atoms with Gasteiger partial charge in [-0.25, -0.2) is 0 Å². The van der Waals surface area contributed by atoms with Crippen LogP contribution in [0.25, 0.3) is 0 Å². The zero-order valence-corrected chi connectivity index (χ0v) is 17.0. The third-order valence-electron chi connectivity index (χ3n) is 6.59. The first-order chi connectivity index (χ1) is 14.8. The minimum atomic E-state index is -4.64. The Morgan fingerprint density at radius 1 is 1.10 bits per heavy atom. The van der Waals surface area contributed by atoms with Gasteiger partial charge < -0.3 is 15.0 Å². The van der Waals surface area contributed by atoms with Gasteiger partial charge in [-0.1, -0.05) is 30.4 Å². The van der Waals surface area contributed by atoms with Crippen LogP contribution in [0.15, 0.2) is 54.6 Å². The highest BCUT2D eigenvalue weighted by Gasteiger charge is 2.50. The lowest BCUT2D eigenvalue weighted by Crippen LogP contribution is -3.10. The van der Waals surface area contributed by atoms with Gasteiger partial charge in [-0.2, -0.15) is 18.4 Å². The molecule has 0 spiro atoms. The molecule has 5 unspecified atom stereocenters. The van der Waals surface area contributed by atoms with Crippen molar-refractivity contribution in [3.63, 3.8) is 0 Å². The van der Waals surface area contributed by atoms with E-state index in [1.54, 1.807) is 13.2 Å². The van der Waals surface area contributed by atoms with Crippen molar-refractivity contribution in [1.82, 2.24) is 0 Å². The molecule has 2 aromatic carbocycles. The summed E-state index contributed by atoms with van der Waals surface area (Å²) in [5.74, 6) is 0.791. The maximum Gasteiger partial charge on any atom is 0.417 e. The number of benzene rings is 2. The van der Waals surface area contributed by atoms with E-state index in [0.717, 1.165) is 23.8 Å². The van der Waals surface area contributed by atoms with Crippen LogP contribution in [0.1, 0.15) is 41.1 Å². The van der Waals surface area contributed by atoms with Crippen molar-refractivity contribution in [3.05, 3.63) is 82.1 Å². The topological polar surface area (TPSA) is 60.5 Å². The molecule has 1 fully saturated rings. The number of ether oxygens (including phenoxy) is 1. The number of nitrogens with zero attached hydrogens (tertiary/aromatic N) is 1. The highest BCUT2D eigenvalue weighted by atomic mass is 19.4. The molecule has 1 heterocycles. The molecule has 0 saturated carbocycles. The summed E-state index contributed by atoms with van der Waals surface area (Å²) in [6.45, 7) is 0. The minimum absolute atomic E-state index is 0.00708. The quantitative estimate of drug-likeness (QED) is 0.586. The second-order valence-electron chi connectivity index (χ2n) is 8.22. The monoisotopic (exact) mass is 428 g/mol. The molecule has 7 heteroatoms. The van der Waals surface area contributed by atoms with Crippen LogP contribution in [-0.2, 0) is 12.6 Å². The lowest BCUT2D eigenvalue weighted by Gasteiger charge is -2.32. The van der Waals surface area contributed by atoms with Crippen LogP contribution < -0.4 is 9.80 Å². The third kappa shape index (κ3) is 4.06. The highest BCUT2D eigenvalue weighted by molar-refractivity contribution is 5.43. The van der Waals surface area contributed by atoms with Crippen molar-refractivity contribution in [2.75, 3.05) is 7.11 Å². The smallest absolute Gasteiger partial charge is 0.417 e. The molecule has 0 radical (unpaired) electrons. The van der Waals surface area contributed by atoms with Crippen molar-refractivity contribution in [1.29, 1.82) is 5.26 Å². The Morgan fingerprint density at radius 3 is 2.39 bits per heavy atom. The second kappa shape index (κ2) is 8.37. The Hall–Kier alpha value is -2.82. The number of rotatable bonds is 4. The number of fused-ring (bicyclic) bond motifs is 1. The van der Waals surface area contributed by atoms with Crippen LogP contribution >= 0.6 is 0 Å². The molecule has 31 heavy (non-hydrogen) atoms. The highest BCUT2D eigenvalue weighted by Crippen LogP contribution is 2.43. The van der Waals surface area contributed by atoms with Crippen LogP contribution in [0.5, 0.6) is 5.75 Å². The van der Waals surface area contributed by atoms with Crippen LogP contribution in [-0.4, -0.2) is 13.2 Å². The number of hydrogen-bond donors (Lipinski definition) is 1. The standard InChI is InChI=1S/C24H23F3N2O2/c1-31-18-10-6-15(7-11-18)12-22-19-4-2-3-5-20(19)23(29(22)30)16-8-9-17(14-28)21(13-16)24(25,26)27/h2-3,6-11,13,19-20,22-23,29H,4-5,12H2,1H3. The fraction of sp³-hybridized carbons (Fsp3) is 0.375. The second-order valence-corrected chi connectivity index (χ2v) is 8.22. The molecule has 0 amide bonds. The lowest BCUT2D eigenvalue weighted by atomic mass is 9.76. The fourth-order valence-electron chi connectivity index (χ4n) is 5.12. The van der Waals surface area contributed by atoms with E-state index in [-0.39, 0.29) is 22.9 Å². The number of methoxy groups -OCH3 is 1. The molecule has 2 aliphatic rings. The summed E-state index contributed by atoms with van der Waals surface area (Å²) >= 11 is 0. The molecule has 1 N–H and O–H groups in total. The average Bonchev–Trinajstić information content (AvgIpc) is 3.04. The van der Waals surface area contributed by atoms with Gasteiger partial charge in [0, 0.05) is 23.8 Å². The SMILES string of the molecule is COc1ccc(CC2C3CC=CCC3C(c3ccc(C#N)c(C(F)(F)F)c3)[NH+]2[O-])cc1. The molecule has 2 aromatic rings. The van der Waals surface area contributed by atoms with E-state index in [1.165, 1.54) is 12.1 Å². The Balaban J connectivity index is 1.68. The van der Waals surface area contributed by atoms with E-state index >= 15 is 0 Å². The predicted molar refractivity (Wildman–Crippen MR) is 109 cm³/mol. The number of hydroxylamine groups is 2. The van der Waals surface area contributed by atoms with Crippen molar-refractivity contribution < 1.29 is 23.0 Å². The van der Waals surface area contributed by atoms with Gasteiger partial charge in [0.15, 0.2) is 0 Å². The summed E-state index contributed by atoms with van der Waals surface area (Å²) in [5.41, 5.74) is -0.0267. The summed E-state index contributed by atoms with van der Waals surface area (Å²) in [6.07, 6.45) is 1.41. The van der Waals surface area contributed by atoms with Gasteiger partial charge in [0.2, 0.25) is 0 Å². The number of quaternary nitrogens is 1. The lowest BCUT2D eigenvalue weighted by molar-refractivity contribution is -0.896. The number of alkyl halides is 3. The maximum absolute atomic E-state index is 13.5. The molecule has 0 aromatic heterocycles. The Labute approximate surface area is 179 Å². The summed E-state index contributed by atoms with van der Waals surface area (Å²) in [5, 5.41) is 22.6. The van der Waals surface area contributed by atoms with Crippen molar-refractivity contribution in [3.8, 4) is 11.8 Å².